The molecule has 0 radical (unpaired) electrons. The molecule has 0 spiro atoms. The molecule has 4 N–H and O–H groups in total. The lowest BCUT2D eigenvalue weighted by Gasteiger charge is -2.29. The molecule has 0 saturated heterocycles. The minimum absolute atomic E-state index is 0.00707. The zero-order valence-corrected chi connectivity index (χ0v) is 14.8. The Morgan fingerprint density at radius 1 is 1.26 bits per heavy atom. The van der Waals surface area contributed by atoms with Gasteiger partial charge in [-0.25, -0.2) is 13.8 Å². The van der Waals surface area contributed by atoms with Crippen molar-refractivity contribution in [1.82, 2.24) is 9.88 Å². The number of halogens is 2. The summed E-state index contributed by atoms with van der Waals surface area (Å²) in [5.74, 6) is -2.13. The highest BCUT2D eigenvalue weighted by atomic mass is 19.1. The van der Waals surface area contributed by atoms with Crippen molar-refractivity contribution in [3.05, 3.63) is 52.9 Å². The number of rotatable bonds is 5. The van der Waals surface area contributed by atoms with Crippen LogP contribution in [0.25, 0.3) is 11.1 Å². The number of amides is 1. The topological polar surface area (TPSA) is 107 Å². The SMILES string of the molecule is CC(=N)C(=N)CN1CCc2c(-c3ccc(F)cc3F)cc(C(N)=O)nc2C1. The van der Waals surface area contributed by atoms with E-state index < -0.39 is 17.5 Å². The van der Waals surface area contributed by atoms with Crippen molar-refractivity contribution in [1.29, 1.82) is 10.8 Å². The highest BCUT2D eigenvalue weighted by Gasteiger charge is 2.25. The molecule has 0 saturated carbocycles. The van der Waals surface area contributed by atoms with Gasteiger partial charge in [0.2, 0.25) is 0 Å². The predicted molar refractivity (Wildman–Crippen MR) is 98.2 cm³/mol. The van der Waals surface area contributed by atoms with E-state index in [0.717, 1.165) is 11.6 Å². The van der Waals surface area contributed by atoms with Crippen LogP contribution >= 0.6 is 0 Å². The summed E-state index contributed by atoms with van der Waals surface area (Å²) >= 11 is 0. The summed E-state index contributed by atoms with van der Waals surface area (Å²) in [4.78, 5) is 17.9. The molecule has 0 unspecified atom stereocenters. The van der Waals surface area contributed by atoms with Crippen LogP contribution in [0.2, 0.25) is 0 Å². The Kier molecular flexibility index (Phi) is 5.09. The van der Waals surface area contributed by atoms with E-state index in [1.807, 2.05) is 4.90 Å². The van der Waals surface area contributed by atoms with Crippen molar-refractivity contribution in [2.24, 2.45) is 5.73 Å². The largest absolute Gasteiger partial charge is 0.364 e. The second-order valence-electron chi connectivity index (χ2n) is 6.53. The van der Waals surface area contributed by atoms with E-state index in [2.05, 4.69) is 4.98 Å². The Labute approximate surface area is 155 Å². The van der Waals surface area contributed by atoms with Gasteiger partial charge >= 0.3 is 0 Å². The molecule has 0 aliphatic carbocycles. The van der Waals surface area contributed by atoms with Crippen LogP contribution in [0.5, 0.6) is 0 Å². The van der Waals surface area contributed by atoms with Gasteiger partial charge in [0.05, 0.1) is 17.1 Å². The smallest absolute Gasteiger partial charge is 0.267 e. The molecule has 1 aromatic carbocycles. The van der Waals surface area contributed by atoms with Gasteiger partial charge in [-0.05, 0) is 42.7 Å². The fourth-order valence-electron chi connectivity index (χ4n) is 3.15. The van der Waals surface area contributed by atoms with Crippen LogP contribution < -0.4 is 5.73 Å². The third-order valence-corrected chi connectivity index (χ3v) is 4.57. The fourth-order valence-corrected chi connectivity index (χ4v) is 3.15. The van der Waals surface area contributed by atoms with Crippen LogP contribution in [0.15, 0.2) is 24.3 Å². The normalized spacial score (nSPS) is 13.9. The Morgan fingerprint density at radius 2 is 2.00 bits per heavy atom. The highest BCUT2D eigenvalue weighted by molar-refractivity contribution is 6.39. The summed E-state index contributed by atoms with van der Waals surface area (Å²) in [7, 11) is 0. The first-order chi connectivity index (χ1) is 12.8. The van der Waals surface area contributed by atoms with Crippen LogP contribution in [0.4, 0.5) is 8.78 Å². The molecule has 1 aliphatic rings. The van der Waals surface area contributed by atoms with E-state index in [1.165, 1.54) is 18.2 Å². The summed E-state index contributed by atoms with van der Waals surface area (Å²) in [6, 6.07) is 4.75. The molecule has 1 amide bonds. The predicted octanol–water partition coefficient (Wildman–Crippen LogP) is 2.54. The molecule has 2 aromatic rings. The molecule has 8 heteroatoms. The first-order valence-corrected chi connectivity index (χ1v) is 8.39. The molecule has 6 nitrogen and oxygen atoms in total. The van der Waals surface area contributed by atoms with Crippen LogP contribution in [0, 0.1) is 22.5 Å². The number of primary amides is 1. The van der Waals surface area contributed by atoms with E-state index in [-0.39, 0.29) is 29.2 Å². The van der Waals surface area contributed by atoms with Crippen molar-refractivity contribution in [2.45, 2.75) is 19.9 Å². The molecule has 27 heavy (non-hydrogen) atoms. The number of aromatic nitrogens is 1. The van der Waals surface area contributed by atoms with Gasteiger partial charge < -0.3 is 16.6 Å². The number of hydrogen-bond donors (Lipinski definition) is 3. The molecule has 0 atom stereocenters. The van der Waals surface area contributed by atoms with Gasteiger partial charge in [-0.2, -0.15) is 0 Å². The maximum Gasteiger partial charge on any atom is 0.267 e. The first-order valence-electron chi connectivity index (χ1n) is 8.39. The highest BCUT2D eigenvalue weighted by Crippen LogP contribution is 2.32. The number of pyridine rings is 1. The molecule has 2 heterocycles. The average molecular weight is 371 g/mol. The maximum atomic E-state index is 14.3. The first kappa shape index (κ1) is 18.8. The van der Waals surface area contributed by atoms with Crippen LogP contribution in [-0.2, 0) is 13.0 Å². The number of nitrogens with zero attached hydrogens (tertiary/aromatic N) is 2. The minimum atomic E-state index is -0.734. The molecule has 0 fully saturated rings. The molecule has 3 rings (SSSR count). The summed E-state index contributed by atoms with van der Waals surface area (Å²) in [6.07, 6.45) is 0.526. The number of benzene rings is 1. The van der Waals surface area contributed by atoms with Crippen molar-refractivity contribution >= 4 is 17.3 Å². The lowest BCUT2D eigenvalue weighted by Crippen LogP contribution is -2.37. The van der Waals surface area contributed by atoms with Crippen molar-refractivity contribution in [2.75, 3.05) is 13.1 Å². The van der Waals surface area contributed by atoms with Crippen LogP contribution in [0.3, 0.4) is 0 Å². The molecule has 1 aromatic heterocycles. The van der Waals surface area contributed by atoms with E-state index >= 15 is 0 Å². The van der Waals surface area contributed by atoms with E-state index in [4.69, 9.17) is 16.6 Å². The lowest BCUT2D eigenvalue weighted by atomic mass is 9.92. The average Bonchev–Trinajstić information content (AvgIpc) is 2.60. The molecular weight excluding hydrogens is 352 g/mol. The van der Waals surface area contributed by atoms with Gasteiger partial charge in [0, 0.05) is 31.3 Å². The summed E-state index contributed by atoms with van der Waals surface area (Å²) < 4.78 is 27.6. The second-order valence-corrected chi connectivity index (χ2v) is 6.53. The minimum Gasteiger partial charge on any atom is -0.364 e. The van der Waals surface area contributed by atoms with E-state index in [1.54, 1.807) is 6.92 Å². The van der Waals surface area contributed by atoms with E-state index in [9.17, 15) is 13.6 Å². The van der Waals surface area contributed by atoms with Crippen molar-refractivity contribution < 1.29 is 13.6 Å². The van der Waals surface area contributed by atoms with Crippen LogP contribution in [0.1, 0.15) is 28.7 Å². The summed E-state index contributed by atoms with van der Waals surface area (Å²) in [6.45, 7) is 2.79. The second kappa shape index (κ2) is 7.32. The van der Waals surface area contributed by atoms with Gasteiger partial charge in [0.1, 0.15) is 17.3 Å². The Morgan fingerprint density at radius 3 is 2.63 bits per heavy atom. The Hall–Kier alpha value is -3.00. The number of hydrogen-bond acceptors (Lipinski definition) is 5. The van der Waals surface area contributed by atoms with Gasteiger partial charge in [-0.15, -0.1) is 0 Å². The molecule has 140 valence electrons. The standard InChI is InChI=1S/C19H19F2N5O/c1-10(22)16(23)8-26-5-4-13-14(12-3-2-11(20)6-15(12)21)7-17(19(24)27)25-18(13)9-26/h2-3,6-7,22-23H,4-5,8-9H2,1H3,(H2,24,27). The molecule has 1 aliphatic heterocycles. The maximum absolute atomic E-state index is 14.3. The number of nitrogens with two attached hydrogens (primary N) is 1. The third kappa shape index (κ3) is 3.90. The van der Waals surface area contributed by atoms with Gasteiger partial charge in [0.15, 0.2) is 0 Å². The quantitative estimate of drug-likeness (QED) is 0.703. The molecule has 0 bridgehead atoms. The van der Waals surface area contributed by atoms with E-state index in [0.29, 0.717) is 30.8 Å². The number of nitrogens with one attached hydrogen (secondary N) is 2. The van der Waals surface area contributed by atoms with Gasteiger partial charge in [-0.1, -0.05) is 0 Å². The zero-order valence-electron chi connectivity index (χ0n) is 14.8. The Bertz CT molecular complexity index is 957. The number of carbonyl (C=O) groups is 1. The third-order valence-electron chi connectivity index (χ3n) is 4.57. The van der Waals surface area contributed by atoms with Gasteiger partial charge in [0.25, 0.3) is 5.91 Å². The van der Waals surface area contributed by atoms with Crippen molar-refractivity contribution in [3.8, 4) is 11.1 Å². The van der Waals surface area contributed by atoms with Crippen molar-refractivity contribution in [3.63, 3.8) is 0 Å². The number of carbonyl (C=O) groups excluding carboxylic acids is 1. The monoisotopic (exact) mass is 371 g/mol. The summed E-state index contributed by atoms with van der Waals surface area (Å²) in [5, 5.41) is 15.4. The Balaban J connectivity index is 2.04. The zero-order chi connectivity index (χ0) is 19.7. The lowest BCUT2D eigenvalue weighted by molar-refractivity contribution is 0.0995. The number of fused-ring (bicyclic) bond motifs is 1. The fraction of sp³-hybridized carbons (Fsp3) is 0.263. The molecular formula is C19H19F2N5O. The van der Waals surface area contributed by atoms with Gasteiger partial charge in [-0.3, -0.25) is 9.69 Å². The summed E-state index contributed by atoms with van der Waals surface area (Å²) in [5.41, 5.74) is 7.80. The van der Waals surface area contributed by atoms with Crippen LogP contribution in [-0.4, -0.2) is 40.3 Å².